The van der Waals surface area contributed by atoms with Crippen LogP contribution < -0.4 is 29.1 Å². The summed E-state index contributed by atoms with van der Waals surface area (Å²) in [4.78, 5) is 4.19. The zero-order chi connectivity index (χ0) is 8.39. The van der Waals surface area contributed by atoms with Crippen LogP contribution in [0.3, 0.4) is 0 Å². The predicted molar refractivity (Wildman–Crippen MR) is 44.9 cm³/mol. The van der Waals surface area contributed by atoms with Gasteiger partial charge in [0.25, 0.3) is 0 Å². The van der Waals surface area contributed by atoms with Crippen LogP contribution >= 0.6 is 0 Å². The number of aryl methyl sites for hydroxylation is 1. The topological polar surface area (TPSA) is 32.0 Å². The maximum absolute atomic E-state index is 4.19. The van der Waals surface area contributed by atoms with Gasteiger partial charge in [-0.05, 0) is 19.1 Å². The lowest BCUT2D eigenvalue weighted by Gasteiger charge is -1.98. The summed E-state index contributed by atoms with van der Waals surface area (Å²) in [5, 5.41) is 3.07. The summed E-state index contributed by atoms with van der Waals surface area (Å²) in [5.41, 5.74) is 2.10. The summed E-state index contributed by atoms with van der Waals surface area (Å²) in [6.45, 7) is 1.99. The van der Waals surface area contributed by atoms with Crippen molar-refractivity contribution in [3.63, 3.8) is 0 Å². The first-order valence-corrected chi connectivity index (χ1v) is 3.85. The van der Waals surface area contributed by atoms with Gasteiger partial charge in [0.2, 0.25) is 0 Å². The number of aromatic nitrogens is 3. The van der Waals surface area contributed by atoms with Crippen molar-refractivity contribution in [2.45, 2.75) is 6.92 Å². The minimum absolute atomic E-state index is 0. The quantitative estimate of drug-likeness (QED) is 0.558. The van der Waals surface area contributed by atoms with Crippen LogP contribution in [-0.4, -0.2) is 9.67 Å². The minimum Gasteiger partial charge on any atom is -1.00 e. The fourth-order valence-electron chi connectivity index (χ4n) is 1.18. The third kappa shape index (κ3) is 2.06. The van der Waals surface area contributed by atoms with E-state index in [9.17, 15) is 0 Å². The second-order valence-electron chi connectivity index (χ2n) is 2.62. The molecule has 68 valence electrons. The molecule has 0 unspecified atom stereocenters. The highest BCUT2D eigenvalue weighted by molar-refractivity contribution is 5.32. The van der Waals surface area contributed by atoms with Gasteiger partial charge in [-0.3, -0.25) is 4.98 Å². The highest BCUT2D eigenvalue weighted by Gasteiger charge is 2.02. The molecular formula is C9H10IN3. The van der Waals surface area contributed by atoms with E-state index in [0.29, 0.717) is 0 Å². The summed E-state index contributed by atoms with van der Waals surface area (Å²) >= 11 is 0. The van der Waals surface area contributed by atoms with Gasteiger partial charge in [0, 0.05) is 12.3 Å². The van der Waals surface area contributed by atoms with Gasteiger partial charge in [-0.15, -0.1) is 9.78 Å². The molecule has 0 amide bonds. The minimum atomic E-state index is 0. The normalized spacial score (nSPS) is 9.31. The first-order chi connectivity index (χ1) is 5.88. The Bertz CT molecular complexity index is 370. The molecule has 1 N–H and O–H groups in total. The second-order valence-corrected chi connectivity index (χ2v) is 2.62. The monoisotopic (exact) mass is 287 g/mol. The molecule has 0 spiro atoms. The van der Waals surface area contributed by atoms with E-state index in [4.69, 9.17) is 0 Å². The number of pyridine rings is 1. The first-order valence-electron chi connectivity index (χ1n) is 3.85. The van der Waals surface area contributed by atoms with E-state index in [-0.39, 0.29) is 24.0 Å². The molecule has 0 aromatic carbocycles. The van der Waals surface area contributed by atoms with Gasteiger partial charge in [-0.2, -0.15) is 0 Å². The Morgan fingerprint density at radius 2 is 2.23 bits per heavy atom. The summed E-state index contributed by atoms with van der Waals surface area (Å²) in [6, 6.07) is 5.90. The molecule has 2 aromatic heterocycles. The predicted octanol–water partition coefficient (Wildman–Crippen LogP) is -2.00. The summed E-state index contributed by atoms with van der Waals surface area (Å²) in [5.74, 6) is 0. The molecule has 0 aliphatic carbocycles. The third-order valence-electron chi connectivity index (χ3n) is 1.78. The highest BCUT2D eigenvalue weighted by atomic mass is 127. The zero-order valence-corrected chi connectivity index (χ0v) is 9.39. The molecule has 0 aliphatic heterocycles. The fourth-order valence-corrected chi connectivity index (χ4v) is 1.18. The standard InChI is InChI=1S/C9H9N3.HI/c1-8-9(4-2-5-10-8)12-7-3-6-11-12;/h2-7H,1H3;1H. The molecule has 0 radical (unpaired) electrons. The van der Waals surface area contributed by atoms with Crippen LogP contribution in [0.4, 0.5) is 0 Å². The summed E-state index contributed by atoms with van der Waals surface area (Å²) < 4.78 is 1.93. The maximum Gasteiger partial charge on any atom is 0.193 e. The number of hydrogen-bond acceptors (Lipinski definition) is 1. The number of nitrogens with zero attached hydrogens (tertiary/aromatic N) is 2. The molecule has 0 saturated carbocycles. The Morgan fingerprint density at radius 1 is 1.38 bits per heavy atom. The van der Waals surface area contributed by atoms with Crippen molar-refractivity contribution in [1.82, 2.24) is 9.67 Å². The van der Waals surface area contributed by atoms with Crippen molar-refractivity contribution in [2.24, 2.45) is 0 Å². The molecule has 3 nitrogen and oxygen atoms in total. The van der Waals surface area contributed by atoms with Crippen LogP contribution in [0.1, 0.15) is 5.69 Å². The smallest absolute Gasteiger partial charge is 0.193 e. The summed E-state index contributed by atoms with van der Waals surface area (Å²) in [7, 11) is 0. The van der Waals surface area contributed by atoms with Gasteiger partial charge >= 0.3 is 0 Å². The number of halogens is 1. The van der Waals surface area contributed by atoms with Crippen LogP contribution in [0, 0.1) is 6.92 Å². The first kappa shape index (κ1) is 10.2. The fraction of sp³-hybridized carbons (Fsp3) is 0.111. The highest BCUT2D eigenvalue weighted by Crippen LogP contribution is 2.06. The number of aromatic amines is 1. The van der Waals surface area contributed by atoms with Crippen molar-refractivity contribution in [1.29, 1.82) is 0 Å². The number of rotatable bonds is 1. The number of hydrogen-bond donors (Lipinski definition) is 0. The molecule has 0 bridgehead atoms. The van der Waals surface area contributed by atoms with Gasteiger partial charge < -0.3 is 24.0 Å². The average Bonchev–Trinajstić information content (AvgIpc) is 2.57. The maximum atomic E-state index is 4.19. The number of nitrogens with one attached hydrogen (secondary N) is 1. The molecule has 2 aromatic rings. The molecule has 0 aliphatic rings. The molecule has 0 saturated heterocycles. The van der Waals surface area contributed by atoms with Gasteiger partial charge in [0.1, 0.15) is 5.69 Å². The van der Waals surface area contributed by atoms with Gasteiger partial charge in [-0.25, -0.2) is 0 Å². The van der Waals surface area contributed by atoms with Crippen molar-refractivity contribution < 1.29 is 29.1 Å². The lowest BCUT2D eigenvalue weighted by Crippen LogP contribution is -3.00. The van der Waals surface area contributed by atoms with E-state index in [1.165, 1.54) is 0 Å². The zero-order valence-electron chi connectivity index (χ0n) is 7.24. The Balaban J connectivity index is 0.000000845. The average molecular weight is 287 g/mol. The van der Waals surface area contributed by atoms with Crippen molar-refractivity contribution in [2.75, 3.05) is 0 Å². The van der Waals surface area contributed by atoms with Crippen LogP contribution in [-0.2, 0) is 0 Å². The van der Waals surface area contributed by atoms with Crippen LogP contribution in [0.25, 0.3) is 5.69 Å². The molecular weight excluding hydrogens is 277 g/mol. The molecule has 0 fully saturated rings. The summed E-state index contributed by atoms with van der Waals surface area (Å²) in [6.07, 6.45) is 5.64. The molecule has 0 atom stereocenters. The van der Waals surface area contributed by atoms with Gasteiger partial charge in [0.05, 0.1) is 11.9 Å². The van der Waals surface area contributed by atoms with Gasteiger partial charge in [0.15, 0.2) is 6.20 Å². The van der Waals surface area contributed by atoms with Crippen LogP contribution in [0.5, 0.6) is 0 Å². The van der Waals surface area contributed by atoms with Crippen LogP contribution in [0.2, 0.25) is 0 Å². The van der Waals surface area contributed by atoms with E-state index in [2.05, 4.69) is 10.1 Å². The van der Waals surface area contributed by atoms with Crippen molar-refractivity contribution in [3.8, 4) is 5.69 Å². The van der Waals surface area contributed by atoms with Gasteiger partial charge in [-0.1, -0.05) is 0 Å². The Labute approximate surface area is 93.8 Å². The lowest BCUT2D eigenvalue weighted by molar-refractivity contribution is -0.474. The van der Waals surface area contributed by atoms with E-state index in [0.717, 1.165) is 11.4 Å². The molecule has 4 heteroatoms. The molecule has 2 rings (SSSR count). The van der Waals surface area contributed by atoms with Crippen molar-refractivity contribution >= 4 is 0 Å². The van der Waals surface area contributed by atoms with E-state index >= 15 is 0 Å². The third-order valence-corrected chi connectivity index (χ3v) is 1.78. The van der Waals surface area contributed by atoms with Crippen LogP contribution in [0.15, 0.2) is 36.8 Å². The molecule has 13 heavy (non-hydrogen) atoms. The van der Waals surface area contributed by atoms with E-state index in [1.54, 1.807) is 6.20 Å². The lowest BCUT2D eigenvalue weighted by atomic mass is 10.3. The Kier molecular flexibility index (Phi) is 3.41. The Hall–Kier alpha value is -0.910. The van der Waals surface area contributed by atoms with Crippen molar-refractivity contribution in [3.05, 3.63) is 42.5 Å². The SMILES string of the molecule is Cc1ncccc1-n1ccc[nH+]1.[I-]. The largest absolute Gasteiger partial charge is 1.00 e. The Morgan fingerprint density at radius 3 is 2.85 bits per heavy atom. The van der Waals surface area contributed by atoms with E-state index in [1.807, 2.05) is 42.2 Å². The second kappa shape index (κ2) is 4.36. The number of H-pyrrole nitrogens is 1. The van der Waals surface area contributed by atoms with E-state index < -0.39 is 0 Å². The molecule has 2 heterocycles.